The van der Waals surface area contributed by atoms with Gasteiger partial charge in [-0.25, -0.2) is 4.68 Å². The largest absolute Gasteiger partial charge is 0.354 e. The first-order valence-corrected chi connectivity index (χ1v) is 5.18. The maximum atomic E-state index is 11.4. The van der Waals surface area contributed by atoms with Gasteiger partial charge in [0.15, 0.2) is 5.69 Å². The van der Waals surface area contributed by atoms with Gasteiger partial charge in [0.2, 0.25) is 0 Å². The standard InChI is InChI=1S/C11H13N5O/c1-13-11(17)8-4-6-16(15-8)10-3-2-5-14-9(10)7-12/h2-6H,7,12H2,1H3,(H,13,17). The first-order chi connectivity index (χ1) is 8.26. The van der Waals surface area contributed by atoms with E-state index in [0.29, 0.717) is 12.2 Å². The summed E-state index contributed by atoms with van der Waals surface area (Å²) in [7, 11) is 1.57. The van der Waals surface area contributed by atoms with Crippen LogP contribution in [0.4, 0.5) is 0 Å². The van der Waals surface area contributed by atoms with E-state index in [9.17, 15) is 4.79 Å². The Morgan fingerprint density at radius 2 is 2.35 bits per heavy atom. The second-order valence-corrected chi connectivity index (χ2v) is 3.40. The van der Waals surface area contributed by atoms with Gasteiger partial charge in [-0.1, -0.05) is 0 Å². The van der Waals surface area contributed by atoms with Crippen molar-refractivity contribution in [2.45, 2.75) is 6.54 Å². The molecule has 0 aromatic carbocycles. The number of pyridine rings is 1. The molecule has 0 aliphatic heterocycles. The van der Waals surface area contributed by atoms with Crippen LogP contribution >= 0.6 is 0 Å². The maximum Gasteiger partial charge on any atom is 0.271 e. The molecular weight excluding hydrogens is 218 g/mol. The second kappa shape index (κ2) is 4.75. The highest BCUT2D eigenvalue weighted by molar-refractivity contribution is 5.91. The van der Waals surface area contributed by atoms with Gasteiger partial charge in [-0.15, -0.1) is 0 Å². The molecule has 2 aromatic heterocycles. The minimum atomic E-state index is -0.220. The summed E-state index contributed by atoms with van der Waals surface area (Å²) in [6.07, 6.45) is 3.38. The van der Waals surface area contributed by atoms with Gasteiger partial charge in [-0.3, -0.25) is 9.78 Å². The van der Waals surface area contributed by atoms with E-state index >= 15 is 0 Å². The summed E-state index contributed by atoms with van der Waals surface area (Å²) in [4.78, 5) is 15.5. The first kappa shape index (κ1) is 11.3. The molecule has 88 valence electrons. The van der Waals surface area contributed by atoms with E-state index in [-0.39, 0.29) is 5.91 Å². The van der Waals surface area contributed by atoms with Crippen LogP contribution in [-0.2, 0) is 6.54 Å². The van der Waals surface area contributed by atoms with Crippen LogP contribution in [0.1, 0.15) is 16.2 Å². The summed E-state index contributed by atoms with van der Waals surface area (Å²) in [5.41, 5.74) is 7.48. The Morgan fingerprint density at radius 1 is 1.53 bits per heavy atom. The molecule has 0 bridgehead atoms. The van der Waals surface area contributed by atoms with Gasteiger partial charge in [-0.2, -0.15) is 5.10 Å². The van der Waals surface area contributed by atoms with E-state index in [0.717, 1.165) is 11.4 Å². The fourth-order valence-corrected chi connectivity index (χ4v) is 1.50. The van der Waals surface area contributed by atoms with Crippen LogP contribution in [0.25, 0.3) is 5.69 Å². The van der Waals surface area contributed by atoms with Crippen molar-refractivity contribution in [2.75, 3.05) is 7.05 Å². The van der Waals surface area contributed by atoms with Gasteiger partial charge in [-0.05, 0) is 18.2 Å². The third-order valence-corrected chi connectivity index (χ3v) is 2.36. The molecule has 0 saturated heterocycles. The van der Waals surface area contributed by atoms with Crippen molar-refractivity contribution in [1.82, 2.24) is 20.1 Å². The Kier molecular flexibility index (Phi) is 3.15. The van der Waals surface area contributed by atoms with Gasteiger partial charge in [0, 0.05) is 26.0 Å². The van der Waals surface area contributed by atoms with E-state index < -0.39 is 0 Å². The lowest BCUT2D eigenvalue weighted by molar-refractivity contribution is 0.0957. The van der Waals surface area contributed by atoms with Crippen LogP contribution in [0.3, 0.4) is 0 Å². The number of hydrogen-bond acceptors (Lipinski definition) is 4. The van der Waals surface area contributed by atoms with E-state index in [4.69, 9.17) is 5.73 Å². The molecule has 0 fully saturated rings. The number of nitrogens with zero attached hydrogens (tertiary/aromatic N) is 3. The molecule has 0 saturated carbocycles. The Balaban J connectivity index is 2.40. The van der Waals surface area contributed by atoms with Gasteiger partial charge in [0.25, 0.3) is 5.91 Å². The monoisotopic (exact) mass is 231 g/mol. The summed E-state index contributed by atoms with van der Waals surface area (Å²) < 4.78 is 1.60. The number of amides is 1. The lowest BCUT2D eigenvalue weighted by atomic mass is 10.3. The molecule has 0 spiro atoms. The van der Waals surface area contributed by atoms with Crippen molar-refractivity contribution >= 4 is 5.91 Å². The third-order valence-electron chi connectivity index (χ3n) is 2.36. The molecule has 0 aliphatic rings. The molecule has 0 aliphatic carbocycles. The number of aromatic nitrogens is 3. The zero-order chi connectivity index (χ0) is 12.3. The average Bonchev–Trinajstić information content (AvgIpc) is 2.87. The molecule has 1 amide bonds. The predicted octanol–water partition coefficient (Wildman–Crippen LogP) is 0.0856. The number of nitrogens with two attached hydrogens (primary N) is 1. The van der Waals surface area contributed by atoms with E-state index in [1.165, 1.54) is 0 Å². The lowest BCUT2D eigenvalue weighted by Gasteiger charge is -2.05. The SMILES string of the molecule is CNC(=O)c1ccn(-c2cccnc2CN)n1. The average molecular weight is 231 g/mol. The fourth-order valence-electron chi connectivity index (χ4n) is 1.50. The highest BCUT2D eigenvalue weighted by Crippen LogP contribution is 2.11. The number of hydrogen-bond donors (Lipinski definition) is 2. The summed E-state index contributed by atoms with van der Waals surface area (Å²) in [6, 6.07) is 5.30. The molecule has 2 rings (SSSR count). The van der Waals surface area contributed by atoms with Crippen molar-refractivity contribution in [2.24, 2.45) is 5.73 Å². The normalized spacial score (nSPS) is 10.2. The molecule has 0 atom stereocenters. The minimum Gasteiger partial charge on any atom is -0.354 e. The minimum absolute atomic E-state index is 0.220. The number of rotatable bonds is 3. The van der Waals surface area contributed by atoms with Gasteiger partial charge >= 0.3 is 0 Å². The highest BCUT2D eigenvalue weighted by Gasteiger charge is 2.10. The number of carbonyl (C=O) groups is 1. The maximum absolute atomic E-state index is 11.4. The molecule has 2 heterocycles. The molecule has 6 nitrogen and oxygen atoms in total. The van der Waals surface area contributed by atoms with Crippen LogP contribution < -0.4 is 11.1 Å². The first-order valence-electron chi connectivity index (χ1n) is 5.18. The molecule has 2 aromatic rings. The number of nitrogens with one attached hydrogen (secondary N) is 1. The van der Waals surface area contributed by atoms with Crippen molar-refractivity contribution in [1.29, 1.82) is 0 Å². The smallest absolute Gasteiger partial charge is 0.271 e. The van der Waals surface area contributed by atoms with Crippen LogP contribution in [0, 0.1) is 0 Å². The molecule has 17 heavy (non-hydrogen) atoms. The molecular formula is C11H13N5O. The zero-order valence-electron chi connectivity index (χ0n) is 9.42. The Labute approximate surface area is 98.5 Å². The Hall–Kier alpha value is -2.21. The summed E-state index contributed by atoms with van der Waals surface area (Å²) in [5, 5.41) is 6.69. The van der Waals surface area contributed by atoms with Crippen LogP contribution in [0.5, 0.6) is 0 Å². The molecule has 0 radical (unpaired) electrons. The predicted molar refractivity (Wildman–Crippen MR) is 62.6 cm³/mol. The topological polar surface area (TPSA) is 85.8 Å². The molecule has 3 N–H and O–H groups in total. The van der Waals surface area contributed by atoms with Crippen LogP contribution in [0.2, 0.25) is 0 Å². The molecule has 0 unspecified atom stereocenters. The lowest BCUT2D eigenvalue weighted by Crippen LogP contribution is -2.18. The quantitative estimate of drug-likeness (QED) is 0.783. The van der Waals surface area contributed by atoms with Crippen molar-refractivity contribution in [3.8, 4) is 5.69 Å². The summed E-state index contributed by atoms with van der Waals surface area (Å²) in [6.45, 7) is 0.325. The van der Waals surface area contributed by atoms with Gasteiger partial charge in [0.1, 0.15) is 0 Å². The highest BCUT2D eigenvalue weighted by atomic mass is 16.1. The number of carbonyl (C=O) groups excluding carboxylic acids is 1. The van der Waals surface area contributed by atoms with Gasteiger partial charge < -0.3 is 11.1 Å². The summed E-state index contributed by atoms with van der Waals surface area (Å²) >= 11 is 0. The second-order valence-electron chi connectivity index (χ2n) is 3.40. The summed E-state index contributed by atoms with van der Waals surface area (Å²) in [5.74, 6) is -0.220. The van der Waals surface area contributed by atoms with Crippen molar-refractivity contribution < 1.29 is 4.79 Å². The van der Waals surface area contributed by atoms with E-state index in [1.807, 2.05) is 6.07 Å². The zero-order valence-corrected chi connectivity index (χ0v) is 9.42. The van der Waals surface area contributed by atoms with Crippen LogP contribution in [0.15, 0.2) is 30.6 Å². The van der Waals surface area contributed by atoms with Crippen LogP contribution in [-0.4, -0.2) is 27.7 Å². The Morgan fingerprint density at radius 3 is 3.06 bits per heavy atom. The van der Waals surface area contributed by atoms with E-state index in [1.54, 1.807) is 36.3 Å². The van der Waals surface area contributed by atoms with Crippen molar-refractivity contribution in [3.05, 3.63) is 42.0 Å². The fraction of sp³-hybridized carbons (Fsp3) is 0.182. The molecule has 6 heteroatoms. The van der Waals surface area contributed by atoms with Crippen molar-refractivity contribution in [3.63, 3.8) is 0 Å². The Bertz CT molecular complexity index is 534. The van der Waals surface area contributed by atoms with E-state index in [2.05, 4.69) is 15.4 Å². The van der Waals surface area contributed by atoms with Gasteiger partial charge in [0.05, 0.1) is 11.4 Å². The third kappa shape index (κ3) is 2.16.